The number of ketones is 1. The maximum atomic E-state index is 12.8. The molecule has 2 nitrogen and oxygen atoms in total. The predicted octanol–water partition coefficient (Wildman–Crippen LogP) is 2.32. The number of carbonyl (C=O) groups is 1. The summed E-state index contributed by atoms with van der Waals surface area (Å²) >= 11 is 0. The van der Waals surface area contributed by atoms with Crippen LogP contribution in [0.4, 0.5) is 4.39 Å². The molecule has 0 aliphatic heterocycles. The molecular formula is C12H16FNO. The van der Waals surface area contributed by atoms with Crippen LogP contribution in [0.25, 0.3) is 0 Å². The van der Waals surface area contributed by atoms with E-state index in [9.17, 15) is 9.18 Å². The van der Waals surface area contributed by atoms with Gasteiger partial charge in [0.05, 0.1) is 0 Å². The first-order chi connectivity index (χ1) is 7.15. The third-order valence-electron chi connectivity index (χ3n) is 2.27. The van der Waals surface area contributed by atoms with Gasteiger partial charge in [-0.15, -0.1) is 0 Å². The summed E-state index contributed by atoms with van der Waals surface area (Å²) in [4.78, 5) is 11.7. The van der Waals surface area contributed by atoms with Gasteiger partial charge in [0.25, 0.3) is 0 Å². The van der Waals surface area contributed by atoms with Gasteiger partial charge in [-0.05, 0) is 37.2 Å². The first-order valence-corrected chi connectivity index (χ1v) is 5.15. The Labute approximate surface area is 89.5 Å². The van der Waals surface area contributed by atoms with E-state index in [0.717, 1.165) is 6.54 Å². The van der Waals surface area contributed by atoms with Crippen molar-refractivity contribution < 1.29 is 9.18 Å². The lowest BCUT2D eigenvalue weighted by Crippen LogP contribution is -2.17. The molecule has 15 heavy (non-hydrogen) atoms. The highest BCUT2D eigenvalue weighted by atomic mass is 19.1. The molecule has 1 N–H and O–H groups in total. The largest absolute Gasteiger partial charge is 0.317 e. The normalized spacial score (nSPS) is 10.3. The zero-order chi connectivity index (χ0) is 11.3. The Kier molecular flexibility index (Phi) is 4.43. The van der Waals surface area contributed by atoms with E-state index in [1.165, 1.54) is 12.1 Å². The molecule has 0 atom stereocenters. The molecule has 1 rings (SSSR count). The van der Waals surface area contributed by atoms with E-state index in [0.29, 0.717) is 24.1 Å². The van der Waals surface area contributed by atoms with E-state index < -0.39 is 0 Å². The van der Waals surface area contributed by atoms with Crippen LogP contribution in [-0.4, -0.2) is 18.9 Å². The molecule has 0 aliphatic carbocycles. The molecule has 0 saturated heterocycles. The quantitative estimate of drug-likeness (QED) is 0.595. The molecule has 3 heteroatoms. The average Bonchev–Trinajstić information content (AvgIpc) is 2.17. The second kappa shape index (κ2) is 5.61. The van der Waals surface area contributed by atoms with Gasteiger partial charge in [0.15, 0.2) is 5.78 Å². The molecule has 0 aliphatic rings. The summed E-state index contributed by atoms with van der Waals surface area (Å²) in [7, 11) is 0. The van der Waals surface area contributed by atoms with Gasteiger partial charge >= 0.3 is 0 Å². The highest BCUT2D eigenvalue weighted by Gasteiger charge is 2.08. The molecule has 0 bridgehead atoms. The second-order valence-electron chi connectivity index (χ2n) is 3.49. The topological polar surface area (TPSA) is 29.1 Å². The van der Waals surface area contributed by atoms with Crippen molar-refractivity contribution in [3.8, 4) is 0 Å². The Morgan fingerprint density at radius 1 is 1.47 bits per heavy atom. The van der Waals surface area contributed by atoms with E-state index in [1.807, 2.05) is 6.92 Å². The summed E-state index contributed by atoms with van der Waals surface area (Å²) in [5, 5.41) is 3.08. The van der Waals surface area contributed by atoms with Gasteiger partial charge in [-0.25, -0.2) is 4.39 Å². The number of halogens is 1. The Bertz CT molecular complexity index is 349. The first-order valence-electron chi connectivity index (χ1n) is 5.15. The van der Waals surface area contributed by atoms with E-state index >= 15 is 0 Å². The maximum Gasteiger partial charge on any atom is 0.164 e. The standard InChI is InChI=1S/C12H16FNO/c1-3-14-7-6-12(15)11-5-4-10(13)8-9(11)2/h4-5,8,14H,3,6-7H2,1-2H3. The van der Waals surface area contributed by atoms with Crippen LogP contribution in [0.5, 0.6) is 0 Å². The Hall–Kier alpha value is -1.22. The minimum absolute atomic E-state index is 0.0634. The Morgan fingerprint density at radius 3 is 2.80 bits per heavy atom. The number of Topliss-reactive ketones (excluding diaryl/α,β-unsaturated/α-hetero) is 1. The summed E-state index contributed by atoms with van der Waals surface area (Å²) in [6.45, 7) is 5.28. The van der Waals surface area contributed by atoms with Crippen LogP contribution in [0.3, 0.4) is 0 Å². The SMILES string of the molecule is CCNCCC(=O)c1ccc(F)cc1C. The van der Waals surface area contributed by atoms with Crippen molar-refractivity contribution in [2.45, 2.75) is 20.3 Å². The molecule has 0 radical (unpaired) electrons. The molecule has 1 aromatic carbocycles. The van der Waals surface area contributed by atoms with Crippen molar-refractivity contribution in [3.63, 3.8) is 0 Å². The zero-order valence-corrected chi connectivity index (χ0v) is 9.14. The van der Waals surface area contributed by atoms with Crippen molar-refractivity contribution in [2.24, 2.45) is 0 Å². The predicted molar refractivity (Wildman–Crippen MR) is 58.6 cm³/mol. The van der Waals surface area contributed by atoms with Crippen LogP contribution >= 0.6 is 0 Å². The molecule has 1 aromatic rings. The van der Waals surface area contributed by atoms with Crippen molar-refractivity contribution in [1.82, 2.24) is 5.32 Å². The molecule has 0 unspecified atom stereocenters. The lowest BCUT2D eigenvalue weighted by atomic mass is 10.0. The van der Waals surface area contributed by atoms with Gasteiger partial charge in [-0.2, -0.15) is 0 Å². The fourth-order valence-electron chi connectivity index (χ4n) is 1.45. The molecule has 82 valence electrons. The monoisotopic (exact) mass is 209 g/mol. The van der Waals surface area contributed by atoms with Crippen molar-refractivity contribution in [1.29, 1.82) is 0 Å². The third kappa shape index (κ3) is 3.44. The van der Waals surface area contributed by atoms with E-state index in [4.69, 9.17) is 0 Å². The minimum Gasteiger partial charge on any atom is -0.317 e. The first kappa shape index (κ1) is 11.9. The minimum atomic E-state index is -0.296. The van der Waals surface area contributed by atoms with Crippen LogP contribution in [0.1, 0.15) is 29.3 Å². The van der Waals surface area contributed by atoms with E-state index in [2.05, 4.69) is 5.32 Å². The van der Waals surface area contributed by atoms with Crippen LogP contribution in [0.15, 0.2) is 18.2 Å². The van der Waals surface area contributed by atoms with E-state index in [1.54, 1.807) is 13.0 Å². The summed E-state index contributed by atoms with van der Waals surface area (Å²) in [5.41, 5.74) is 1.32. The molecule has 0 fully saturated rings. The lowest BCUT2D eigenvalue weighted by Gasteiger charge is -2.05. The van der Waals surface area contributed by atoms with Crippen LogP contribution < -0.4 is 5.32 Å². The smallest absolute Gasteiger partial charge is 0.164 e. The van der Waals surface area contributed by atoms with Crippen LogP contribution in [-0.2, 0) is 0 Å². The van der Waals surface area contributed by atoms with Gasteiger partial charge in [0, 0.05) is 18.5 Å². The lowest BCUT2D eigenvalue weighted by molar-refractivity contribution is 0.0982. The van der Waals surface area contributed by atoms with Gasteiger partial charge in [0.1, 0.15) is 5.82 Å². The Balaban J connectivity index is 2.65. The average molecular weight is 209 g/mol. The molecule has 0 heterocycles. The maximum absolute atomic E-state index is 12.8. The zero-order valence-electron chi connectivity index (χ0n) is 9.14. The second-order valence-corrected chi connectivity index (χ2v) is 3.49. The summed E-state index contributed by atoms with van der Waals surface area (Å²) in [6, 6.07) is 4.27. The number of hydrogen-bond acceptors (Lipinski definition) is 2. The summed E-state index contributed by atoms with van der Waals surface area (Å²) < 4.78 is 12.8. The molecule has 0 saturated carbocycles. The number of aryl methyl sites for hydroxylation is 1. The molecule has 0 spiro atoms. The number of benzene rings is 1. The van der Waals surface area contributed by atoms with Crippen LogP contribution in [0.2, 0.25) is 0 Å². The molecule has 0 amide bonds. The number of hydrogen-bond donors (Lipinski definition) is 1. The number of nitrogens with one attached hydrogen (secondary N) is 1. The highest BCUT2D eigenvalue weighted by molar-refractivity contribution is 5.97. The van der Waals surface area contributed by atoms with Gasteiger partial charge in [-0.3, -0.25) is 4.79 Å². The number of carbonyl (C=O) groups excluding carboxylic acids is 1. The molecule has 0 aromatic heterocycles. The third-order valence-corrected chi connectivity index (χ3v) is 2.27. The van der Waals surface area contributed by atoms with Gasteiger partial charge < -0.3 is 5.32 Å². The van der Waals surface area contributed by atoms with Crippen molar-refractivity contribution in [2.75, 3.05) is 13.1 Å². The van der Waals surface area contributed by atoms with Crippen molar-refractivity contribution in [3.05, 3.63) is 35.1 Å². The van der Waals surface area contributed by atoms with Gasteiger partial charge in [-0.1, -0.05) is 6.92 Å². The molecular weight excluding hydrogens is 193 g/mol. The van der Waals surface area contributed by atoms with Crippen molar-refractivity contribution >= 4 is 5.78 Å². The van der Waals surface area contributed by atoms with Crippen LogP contribution in [0, 0.1) is 12.7 Å². The van der Waals surface area contributed by atoms with Gasteiger partial charge in [0.2, 0.25) is 0 Å². The fourth-order valence-corrected chi connectivity index (χ4v) is 1.45. The van der Waals surface area contributed by atoms with E-state index in [-0.39, 0.29) is 11.6 Å². The highest BCUT2D eigenvalue weighted by Crippen LogP contribution is 2.11. The fraction of sp³-hybridized carbons (Fsp3) is 0.417. The Morgan fingerprint density at radius 2 is 2.20 bits per heavy atom. The summed E-state index contributed by atoms with van der Waals surface area (Å²) in [5.74, 6) is -0.232. The summed E-state index contributed by atoms with van der Waals surface area (Å²) in [6.07, 6.45) is 0.459. The number of rotatable bonds is 5.